The molecule has 1 aliphatic heterocycles. The van der Waals surface area contributed by atoms with Crippen molar-refractivity contribution in [2.24, 2.45) is 0 Å². The fourth-order valence-corrected chi connectivity index (χ4v) is 2.69. The molecule has 1 amide bonds. The summed E-state index contributed by atoms with van der Waals surface area (Å²) in [5, 5.41) is 2.70. The van der Waals surface area contributed by atoms with Gasteiger partial charge in [0.15, 0.2) is 0 Å². The van der Waals surface area contributed by atoms with Crippen LogP contribution in [0.3, 0.4) is 0 Å². The predicted molar refractivity (Wildman–Crippen MR) is 102 cm³/mol. The molecule has 0 spiro atoms. The Labute approximate surface area is 157 Å². The van der Waals surface area contributed by atoms with Gasteiger partial charge in [0, 0.05) is 12.0 Å². The molecule has 1 unspecified atom stereocenters. The van der Waals surface area contributed by atoms with Gasteiger partial charge in [0.25, 0.3) is 0 Å². The number of benzene rings is 1. The van der Waals surface area contributed by atoms with Crippen LogP contribution in [0, 0.1) is 5.82 Å². The van der Waals surface area contributed by atoms with E-state index in [4.69, 9.17) is 4.74 Å². The van der Waals surface area contributed by atoms with E-state index >= 15 is 0 Å². The molecule has 1 aromatic heterocycles. The van der Waals surface area contributed by atoms with E-state index in [-0.39, 0.29) is 24.9 Å². The van der Waals surface area contributed by atoms with Crippen molar-refractivity contribution in [2.75, 3.05) is 11.9 Å². The van der Waals surface area contributed by atoms with Crippen LogP contribution < -0.4 is 5.32 Å². The van der Waals surface area contributed by atoms with E-state index in [1.165, 1.54) is 12.1 Å². The molecular formula is C20H24FN3O3. The molecule has 0 saturated heterocycles. The molecule has 2 bridgehead atoms. The molecule has 6 nitrogen and oxygen atoms in total. The number of carbonyl (C=O) groups is 2. The Morgan fingerprint density at radius 2 is 2.11 bits per heavy atom. The molecule has 7 heteroatoms. The normalized spacial score (nSPS) is 17.2. The largest absolute Gasteiger partial charge is 0.465 e. The van der Waals surface area contributed by atoms with Gasteiger partial charge in [0.05, 0.1) is 24.2 Å². The summed E-state index contributed by atoms with van der Waals surface area (Å²) in [4.78, 5) is 31.7. The molecule has 27 heavy (non-hydrogen) atoms. The van der Waals surface area contributed by atoms with Gasteiger partial charge in [-0.05, 0) is 31.5 Å². The minimum absolute atomic E-state index is 0.129. The second-order valence-corrected chi connectivity index (χ2v) is 5.64. The zero-order valence-corrected chi connectivity index (χ0v) is 15.7. The summed E-state index contributed by atoms with van der Waals surface area (Å²) in [6, 6.07) is 4.12. The fourth-order valence-electron chi connectivity index (χ4n) is 2.69. The highest BCUT2D eigenvalue weighted by Gasteiger charge is 2.25. The lowest BCUT2D eigenvalue weighted by Gasteiger charge is -2.13. The quantitative estimate of drug-likeness (QED) is 0.611. The molecule has 1 atom stereocenters. The summed E-state index contributed by atoms with van der Waals surface area (Å²) >= 11 is 0. The van der Waals surface area contributed by atoms with E-state index in [0.29, 0.717) is 29.2 Å². The molecule has 0 fully saturated rings. The van der Waals surface area contributed by atoms with Gasteiger partial charge in [-0.25, -0.2) is 9.37 Å². The maximum Gasteiger partial charge on any atom is 0.316 e. The SMILES string of the molecule is CC.CCOC(=O)C1C/C=C/CC(=O)Nc2cc(F)ccc2-c2cnc1[nH]2. The van der Waals surface area contributed by atoms with Gasteiger partial charge in [-0.2, -0.15) is 0 Å². The Morgan fingerprint density at radius 1 is 1.33 bits per heavy atom. The van der Waals surface area contributed by atoms with Crippen LogP contribution in [0.15, 0.2) is 36.5 Å². The number of carbonyl (C=O) groups excluding carboxylic acids is 2. The molecule has 2 heterocycles. The van der Waals surface area contributed by atoms with Gasteiger partial charge in [-0.3, -0.25) is 9.59 Å². The minimum atomic E-state index is -0.587. The number of ether oxygens (including phenoxy) is 1. The maximum absolute atomic E-state index is 13.6. The van der Waals surface area contributed by atoms with Crippen LogP contribution in [0.2, 0.25) is 0 Å². The van der Waals surface area contributed by atoms with Crippen molar-refractivity contribution in [3.05, 3.63) is 48.2 Å². The highest BCUT2D eigenvalue weighted by molar-refractivity contribution is 5.95. The summed E-state index contributed by atoms with van der Waals surface area (Å²) in [7, 11) is 0. The second kappa shape index (κ2) is 9.66. The third-order valence-corrected chi connectivity index (χ3v) is 3.88. The summed E-state index contributed by atoms with van der Waals surface area (Å²) < 4.78 is 18.7. The monoisotopic (exact) mass is 373 g/mol. The number of H-pyrrole nitrogens is 1. The number of anilines is 1. The Morgan fingerprint density at radius 3 is 2.85 bits per heavy atom. The summed E-state index contributed by atoms with van der Waals surface area (Å²) in [6.45, 7) is 6.02. The average Bonchev–Trinajstić information content (AvgIpc) is 3.12. The fraction of sp³-hybridized carbons (Fsp3) is 0.350. The van der Waals surface area contributed by atoms with Gasteiger partial charge in [-0.15, -0.1) is 0 Å². The number of allylic oxidation sites excluding steroid dienone is 1. The zero-order valence-electron chi connectivity index (χ0n) is 15.7. The van der Waals surface area contributed by atoms with Crippen molar-refractivity contribution < 1.29 is 18.7 Å². The topological polar surface area (TPSA) is 84.1 Å². The van der Waals surface area contributed by atoms with Crippen LogP contribution in [0.5, 0.6) is 0 Å². The van der Waals surface area contributed by atoms with Gasteiger partial charge in [-0.1, -0.05) is 26.0 Å². The van der Waals surface area contributed by atoms with Crippen molar-refractivity contribution in [3.8, 4) is 11.3 Å². The summed E-state index contributed by atoms with van der Waals surface area (Å²) in [5.41, 5.74) is 1.53. The van der Waals surface area contributed by atoms with Crippen molar-refractivity contribution >= 4 is 17.6 Å². The summed E-state index contributed by atoms with van der Waals surface area (Å²) in [5.74, 6) is -1.22. The Hall–Kier alpha value is -2.96. The van der Waals surface area contributed by atoms with E-state index in [1.54, 1.807) is 31.3 Å². The number of fused-ring (bicyclic) bond motifs is 4. The minimum Gasteiger partial charge on any atom is -0.465 e. The van der Waals surface area contributed by atoms with Crippen LogP contribution in [-0.2, 0) is 14.3 Å². The van der Waals surface area contributed by atoms with E-state index in [2.05, 4.69) is 15.3 Å². The number of halogens is 1. The number of esters is 1. The van der Waals surface area contributed by atoms with Gasteiger partial charge in [0.1, 0.15) is 17.6 Å². The number of hydrogen-bond donors (Lipinski definition) is 2. The first kappa shape index (κ1) is 20.4. The Bertz CT molecular complexity index is 830. The molecule has 2 aromatic rings. The number of nitrogens with one attached hydrogen (secondary N) is 2. The number of imidazole rings is 1. The smallest absolute Gasteiger partial charge is 0.316 e. The molecule has 2 N–H and O–H groups in total. The van der Waals surface area contributed by atoms with Crippen molar-refractivity contribution in [2.45, 2.75) is 39.5 Å². The molecule has 1 aliphatic rings. The lowest BCUT2D eigenvalue weighted by Crippen LogP contribution is -2.17. The number of rotatable bonds is 2. The van der Waals surface area contributed by atoms with Crippen LogP contribution in [0.4, 0.5) is 10.1 Å². The number of aromatic nitrogens is 2. The van der Waals surface area contributed by atoms with Crippen LogP contribution in [-0.4, -0.2) is 28.5 Å². The first-order valence-corrected chi connectivity index (χ1v) is 9.04. The Balaban J connectivity index is 0.00000126. The highest BCUT2D eigenvalue weighted by Crippen LogP contribution is 2.30. The van der Waals surface area contributed by atoms with Gasteiger partial charge < -0.3 is 15.0 Å². The zero-order chi connectivity index (χ0) is 19.8. The number of nitrogens with zero attached hydrogens (tertiary/aromatic N) is 1. The molecule has 3 rings (SSSR count). The van der Waals surface area contributed by atoms with Gasteiger partial charge >= 0.3 is 5.97 Å². The summed E-state index contributed by atoms with van der Waals surface area (Å²) in [6.07, 6.45) is 5.48. The first-order chi connectivity index (χ1) is 13.1. The maximum atomic E-state index is 13.6. The first-order valence-electron chi connectivity index (χ1n) is 9.04. The Kier molecular flexibility index (Phi) is 7.28. The van der Waals surface area contributed by atoms with E-state index in [0.717, 1.165) is 0 Å². The standard InChI is InChI=1S/C18H18FN3O3.C2H6/c1-2-25-18(24)13-5-3-4-6-16(23)21-14-9-11(19)7-8-12(14)15-10-20-17(13)22-15;1-2/h3-4,7-10,13H,2,5-6H2,1H3,(H,20,22)(H,21,23);1-2H3/b4-3+;. The van der Waals surface area contributed by atoms with Gasteiger partial charge in [0.2, 0.25) is 5.91 Å². The third kappa shape index (κ3) is 5.03. The molecular weight excluding hydrogens is 349 g/mol. The van der Waals surface area contributed by atoms with E-state index in [9.17, 15) is 14.0 Å². The second-order valence-electron chi connectivity index (χ2n) is 5.64. The van der Waals surface area contributed by atoms with E-state index < -0.39 is 11.7 Å². The number of amides is 1. The van der Waals surface area contributed by atoms with Crippen molar-refractivity contribution in [1.82, 2.24) is 9.97 Å². The number of aromatic amines is 1. The highest BCUT2D eigenvalue weighted by atomic mass is 19.1. The lowest BCUT2D eigenvalue weighted by atomic mass is 10.0. The molecule has 0 saturated carbocycles. The molecule has 0 aliphatic carbocycles. The predicted octanol–water partition coefficient (Wildman–Crippen LogP) is 4.18. The van der Waals surface area contributed by atoms with Crippen LogP contribution >= 0.6 is 0 Å². The van der Waals surface area contributed by atoms with Crippen LogP contribution in [0.1, 0.15) is 45.4 Å². The third-order valence-electron chi connectivity index (χ3n) is 3.88. The molecule has 144 valence electrons. The molecule has 1 aromatic carbocycles. The number of hydrogen-bond acceptors (Lipinski definition) is 4. The molecule has 0 radical (unpaired) electrons. The average molecular weight is 373 g/mol. The van der Waals surface area contributed by atoms with E-state index in [1.807, 2.05) is 13.8 Å². The lowest BCUT2D eigenvalue weighted by molar-refractivity contribution is -0.145. The van der Waals surface area contributed by atoms with Crippen molar-refractivity contribution in [1.29, 1.82) is 0 Å². The van der Waals surface area contributed by atoms with Crippen LogP contribution in [0.25, 0.3) is 11.3 Å². The van der Waals surface area contributed by atoms with Crippen molar-refractivity contribution in [3.63, 3.8) is 0 Å².